The molecule has 0 spiro atoms. The first kappa shape index (κ1) is 17.3. The number of aromatic nitrogens is 3. The second kappa shape index (κ2) is 8.07. The molecule has 1 aromatic carbocycles. The number of fused-ring (bicyclic) bond motifs is 1. The van der Waals surface area contributed by atoms with Crippen LogP contribution < -0.4 is 10.1 Å². The van der Waals surface area contributed by atoms with Gasteiger partial charge in [0, 0.05) is 25.3 Å². The quantitative estimate of drug-likeness (QED) is 0.726. The molecule has 2 N–H and O–H groups in total. The smallest absolute Gasteiger partial charge is 0.260 e. The summed E-state index contributed by atoms with van der Waals surface area (Å²) in [5.41, 5.74) is 0.810. The van der Waals surface area contributed by atoms with Crippen LogP contribution in [0, 0.1) is 0 Å². The highest BCUT2D eigenvalue weighted by molar-refractivity contribution is 5.86. The normalized spacial score (nSPS) is 17.5. The maximum absolute atomic E-state index is 12.6. The Morgan fingerprint density at radius 1 is 1.22 bits per heavy atom. The van der Waals surface area contributed by atoms with Crippen molar-refractivity contribution in [3.05, 3.63) is 48.9 Å². The van der Waals surface area contributed by atoms with Crippen LogP contribution in [0.25, 0.3) is 11.0 Å². The average molecular weight is 365 g/mol. The van der Waals surface area contributed by atoms with Crippen LogP contribution in [0.15, 0.2) is 48.9 Å². The predicted molar refractivity (Wildman–Crippen MR) is 104 cm³/mol. The zero-order valence-corrected chi connectivity index (χ0v) is 15.1. The van der Waals surface area contributed by atoms with E-state index >= 15 is 0 Å². The number of hydrogen-bond acceptors (Lipinski definition) is 5. The number of likely N-dealkylation sites (tertiary alicyclic amines) is 1. The number of anilines is 1. The van der Waals surface area contributed by atoms with Gasteiger partial charge in [-0.15, -0.1) is 0 Å². The van der Waals surface area contributed by atoms with E-state index in [0.29, 0.717) is 12.3 Å². The van der Waals surface area contributed by atoms with Gasteiger partial charge in [0.25, 0.3) is 5.91 Å². The molecule has 2 aromatic heterocycles. The van der Waals surface area contributed by atoms with E-state index in [2.05, 4.69) is 20.3 Å². The minimum Gasteiger partial charge on any atom is -0.484 e. The first-order chi connectivity index (χ1) is 13.3. The molecule has 0 saturated carbocycles. The van der Waals surface area contributed by atoms with Crippen molar-refractivity contribution in [2.45, 2.75) is 25.3 Å². The van der Waals surface area contributed by atoms with Gasteiger partial charge in [0.05, 0.1) is 5.39 Å². The average Bonchev–Trinajstić information content (AvgIpc) is 3.07. The van der Waals surface area contributed by atoms with E-state index in [1.807, 2.05) is 47.5 Å². The SMILES string of the molecule is O=C(COc1ccccc1)N1CCCCC(Nc2ncnc3[nH]ccc23)C1. The molecule has 0 aliphatic carbocycles. The van der Waals surface area contributed by atoms with Gasteiger partial charge in [-0.1, -0.05) is 18.2 Å². The van der Waals surface area contributed by atoms with Crippen LogP contribution in [-0.4, -0.2) is 51.5 Å². The molecule has 0 radical (unpaired) electrons. The summed E-state index contributed by atoms with van der Waals surface area (Å²) in [6.45, 7) is 1.47. The van der Waals surface area contributed by atoms with E-state index < -0.39 is 0 Å². The Kier molecular flexibility index (Phi) is 5.18. The van der Waals surface area contributed by atoms with Gasteiger partial charge in [0.2, 0.25) is 0 Å². The topological polar surface area (TPSA) is 83.1 Å². The third-order valence-corrected chi connectivity index (χ3v) is 4.82. The van der Waals surface area contributed by atoms with Crippen molar-refractivity contribution in [3.63, 3.8) is 0 Å². The second-order valence-electron chi connectivity index (χ2n) is 6.74. The number of H-pyrrole nitrogens is 1. The van der Waals surface area contributed by atoms with Crippen molar-refractivity contribution in [2.75, 3.05) is 25.0 Å². The molecule has 1 aliphatic heterocycles. The highest BCUT2D eigenvalue weighted by atomic mass is 16.5. The first-order valence-electron chi connectivity index (χ1n) is 9.30. The number of aromatic amines is 1. The highest BCUT2D eigenvalue weighted by Gasteiger charge is 2.23. The predicted octanol–water partition coefficient (Wildman–Crippen LogP) is 2.83. The molecule has 1 saturated heterocycles. The van der Waals surface area contributed by atoms with Gasteiger partial charge >= 0.3 is 0 Å². The highest BCUT2D eigenvalue weighted by Crippen LogP contribution is 2.21. The third-order valence-electron chi connectivity index (χ3n) is 4.82. The van der Waals surface area contributed by atoms with E-state index in [1.54, 1.807) is 6.33 Å². The summed E-state index contributed by atoms with van der Waals surface area (Å²) in [6, 6.07) is 11.6. The number of amides is 1. The van der Waals surface area contributed by atoms with E-state index in [4.69, 9.17) is 4.74 Å². The Hall–Kier alpha value is -3.09. The van der Waals surface area contributed by atoms with Crippen molar-refractivity contribution in [2.24, 2.45) is 0 Å². The van der Waals surface area contributed by atoms with Gasteiger partial charge in [-0.05, 0) is 37.5 Å². The van der Waals surface area contributed by atoms with Gasteiger partial charge in [-0.25, -0.2) is 9.97 Å². The van der Waals surface area contributed by atoms with Crippen LogP contribution in [0.1, 0.15) is 19.3 Å². The molecular formula is C20H23N5O2. The summed E-state index contributed by atoms with van der Waals surface area (Å²) in [7, 11) is 0. The number of nitrogens with one attached hydrogen (secondary N) is 2. The summed E-state index contributed by atoms with van der Waals surface area (Å²) in [5, 5.41) is 4.47. The fourth-order valence-electron chi connectivity index (χ4n) is 3.42. The van der Waals surface area contributed by atoms with E-state index in [9.17, 15) is 4.79 Å². The minimum absolute atomic E-state index is 0.0158. The van der Waals surface area contributed by atoms with Crippen molar-refractivity contribution < 1.29 is 9.53 Å². The van der Waals surface area contributed by atoms with Gasteiger partial charge < -0.3 is 19.9 Å². The summed E-state index contributed by atoms with van der Waals surface area (Å²) in [4.78, 5) is 26.2. The number of carbonyl (C=O) groups is 1. The van der Waals surface area contributed by atoms with Crippen LogP contribution in [0.4, 0.5) is 5.82 Å². The van der Waals surface area contributed by atoms with Crippen LogP contribution in [0.3, 0.4) is 0 Å². The van der Waals surface area contributed by atoms with Gasteiger partial charge in [0.1, 0.15) is 23.5 Å². The van der Waals surface area contributed by atoms with Crippen LogP contribution in [-0.2, 0) is 4.79 Å². The zero-order valence-electron chi connectivity index (χ0n) is 15.1. The monoisotopic (exact) mass is 365 g/mol. The molecule has 140 valence electrons. The molecule has 27 heavy (non-hydrogen) atoms. The number of hydrogen-bond donors (Lipinski definition) is 2. The van der Waals surface area contributed by atoms with Crippen molar-refractivity contribution in [1.29, 1.82) is 0 Å². The Balaban J connectivity index is 1.40. The summed E-state index contributed by atoms with van der Waals surface area (Å²) in [6.07, 6.45) is 6.48. The molecule has 3 aromatic rings. The Labute approximate surface area is 157 Å². The van der Waals surface area contributed by atoms with E-state index in [1.165, 1.54) is 0 Å². The van der Waals surface area contributed by atoms with Crippen molar-refractivity contribution in [1.82, 2.24) is 19.9 Å². The number of para-hydroxylation sites is 1. The molecule has 1 fully saturated rings. The van der Waals surface area contributed by atoms with Gasteiger partial charge in [0.15, 0.2) is 6.61 Å². The van der Waals surface area contributed by atoms with Gasteiger partial charge in [-0.2, -0.15) is 0 Å². The first-order valence-corrected chi connectivity index (χ1v) is 9.30. The summed E-state index contributed by atoms with van der Waals surface area (Å²) < 4.78 is 5.63. The molecule has 1 atom stereocenters. The molecular weight excluding hydrogens is 342 g/mol. The molecule has 1 unspecified atom stereocenters. The van der Waals surface area contributed by atoms with Gasteiger partial charge in [-0.3, -0.25) is 4.79 Å². The fourth-order valence-corrected chi connectivity index (χ4v) is 3.42. The Morgan fingerprint density at radius 3 is 3.00 bits per heavy atom. The summed E-state index contributed by atoms with van der Waals surface area (Å²) in [5.74, 6) is 1.54. The lowest BCUT2D eigenvalue weighted by Crippen LogP contribution is -2.41. The minimum atomic E-state index is 0.0158. The zero-order chi connectivity index (χ0) is 18.5. The lowest BCUT2D eigenvalue weighted by Gasteiger charge is -2.25. The molecule has 0 bridgehead atoms. The van der Waals surface area contributed by atoms with Crippen molar-refractivity contribution >= 4 is 22.8 Å². The maximum atomic E-state index is 12.6. The molecule has 7 nitrogen and oxygen atoms in total. The second-order valence-corrected chi connectivity index (χ2v) is 6.74. The molecule has 1 amide bonds. The Morgan fingerprint density at radius 2 is 2.11 bits per heavy atom. The fraction of sp³-hybridized carbons (Fsp3) is 0.350. The molecule has 1 aliphatic rings. The number of ether oxygens (including phenoxy) is 1. The molecule has 4 rings (SSSR count). The lowest BCUT2D eigenvalue weighted by molar-refractivity contribution is -0.133. The van der Waals surface area contributed by atoms with E-state index in [-0.39, 0.29) is 18.6 Å². The molecule has 7 heteroatoms. The summed E-state index contributed by atoms with van der Waals surface area (Å²) >= 11 is 0. The number of nitrogens with zero attached hydrogens (tertiary/aromatic N) is 3. The standard InChI is InChI=1S/C20H23N5O2/c26-18(13-27-16-7-2-1-3-8-16)25-11-5-4-6-15(12-25)24-20-17-9-10-21-19(17)22-14-23-20/h1-3,7-10,14-15H,4-6,11-13H2,(H2,21,22,23,24). The maximum Gasteiger partial charge on any atom is 0.260 e. The molecule has 3 heterocycles. The lowest BCUT2D eigenvalue weighted by atomic mass is 10.1. The van der Waals surface area contributed by atoms with Crippen LogP contribution in [0.5, 0.6) is 5.75 Å². The van der Waals surface area contributed by atoms with Crippen molar-refractivity contribution in [3.8, 4) is 5.75 Å². The largest absolute Gasteiger partial charge is 0.484 e. The number of benzene rings is 1. The van der Waals surface area contributed by atoms with E-state index in [0.717, 1.165) is 42.7 Å². The number of rotatable bonds is 5. The van der Waals surface area contributed by atoms with Crippen LogP contribution in [0.2, 0.25) is 0 Å². The number of carbonyl (C=O) groups excluding carboxylic acids is 1. The Bertz CT molecular complexity index is 896. The van der Waals surface area contributed by atoms with Crippen LogP contribution >= 0.6 is 0 Å². The third kappa shape index (κ3) is 4.19.